The normalized spacial score (nSPS) is 11.9. The number of aliphatic hydroxyl groups excluding tert-OH is 1. The van der Waals surface area contributed by atoms with Gasteiger partial charge in [0, 0.05) is 6.61 Å². The molecule has 0 bridgehead atoms. The van der Waals surface area contributed by atoms with Crippen LogP contribution in [0.15, 0.2) is 48.5 Å². The van der Waals surface area contributed by atoms with E-state index in [2.05, 4.69) is 10.3 Å². The Kier molecular flexibility index (Phi) is 4.79. The third kappa shape index (κ3) is 3.61. The van der Waals surface area contributed by atoms with Crippen molar-refractivity contribution in [1.82, 2.24) is 10.3 Å². The standard InChI is InChI=1S/C15H15FN2O2/c16-14-8-4-7-13(17-14)15(20)18-12(9-10-19)11-5-2-1-3-6-11/h1-8,12,19H,9-10H2,(H,18,20). The molecule has 104 valence electrons. The van der Waals surface area contributed by atoms with E-state index in [1.807, 2.05) is 30.3 Å². The van der Waals surface area contributed by atoms with Crippen molar-refractivity contribution in [3.8, 4) is 0 Å². The molecule has 1 aromatic heterocycles. The van der Waals surface area contributed by atoms with E-state index in [4.69, 9.17) is 5.11 Å². The minimum atomic E-state index is -0.698. The summed E-state index contributed by atoms with van der Waals surface area (Å²) in [5, 5.41) is 11.8. The molecule has 2 N–H and O–H groups in total. The van der Waals surface area contributed by atoms with Crippen molar-refractivity contribution in [1.29, 1.82) is 0 Å². The number of aromatic nitrogens is 1. The third-order valence-electron chi connectivity index (χ3n) is 2.87. The molecule has 1 atom stereocenters. The first-order chi connectivity index (χ1) is 9.70. The summed E-state index contributed by atoms with van der Waals surface area (Å²) in [7, 11) is 0. The van der Waals surface area contributed by atoms with Crippen LogP contribution in [0.3, 0.4) is 0 Å². The van der Waals surface area contributed by atoms with Crippen molar-refractivity contribution >= 4 is 5.91 Å². The van der Waals surface area contributed by atoms with Crippen LogP contribution in [0.2, 0.25) is 0 Å². The zero-order valence-corrected chi connectivity index (χ0v) is 10.8. The summed E-state index contributed by atoms with van der Waals surface area (Å²) in [6.45, 7) is -0.0591. The van der Waals surface area contributed by atoms with Crippen molar-refractivity contribution in [3.63, 3.8) is 0 Å². The number of carbonyl (C=O) groups is 1. The van der Waals surface area contributed by atoms with Crippen LogP contribution in [0.4, 0.5) is 4.39 Å². The molecule has 5 heteroatoms. The predicted octanol–water partition coefficient (Wildman–Crippen LogP) is 2.07. The Bertz CT molecular complexity index is 575. The van der Waals surface area contributed by atoms with Gasteiger partial charge in [-0.1, -0.05) is 36.4 Å². The lowest BCUT2D eigenvalue weighted by molar-refractivity contribution is 0.0923. The summed E-state index contributed by atoms with van der Waals surface area (Å²) in [6, 6.07) is 13.0. The number of benzene rings is 1. The molecule has 1 heterocycles. The van der Waals surface area contributed by atoms with Crippen molar-refractivity contribution < 1.29 is 14.3 Å². The minimum absolute atomic E-state index is 0.0175. The smallest absolute Gasteiger partial charge is 0.270 e. The fourth-order valence-corrected chi connectivity index (χ4v) is 1.90. The van der Waals surface area contributed by atoms with Gasteiger partial charge < -0.3 is 10.4 Å². The van der Waals surface area contributed by atoms with Crippen molar-refractivity contribution in [2.45, 2.75) is 12.5 Å². The van der Waals surface area contributed by atoms with Gasteiger partial charge >= 0.3 is 0 Å². The van der Waals surface area contributed by atoms with Crippen LogP contribution in [0.1, 0.15) is 28.5 Å². The molecule has 0 aliphatic carbocycles. The fraction of sp³-hybridized carbons (Fsp3) is 0.200. The van der Waals surface area contributed by atoms with E-state index in [-0.39, 0.29) is 18.3 Å². The maximum Gasteiger partial charge on any atom is 0.270 e. The molecule has 0 spiro atoms. The van der Waals surface area contributed by atoms with E-state index in [0.717, 1.165) is 5.56 Å². The van der Waals surface area contributed by atoms with Crippen molar-refractivity contribution in [2.24, 2.45) is 0 Å². The van der Waals surface area contributed by atoms with Gasteiger partial charge in [0.15, 0.2) is 0 Å². The molecular weight excluding hydrogens is 259 g/mol. The number of nitrogens with zero attached hydrogens (tertiary/aromatic N) is 1. The number of hydrogen-bond donors (Lipinski definition) is 2. The number of halogens is 1. The highest BCUT2D eigenvalue weighted by Crippen LogP contribution is 2.16. The molecule has 0 saturated carbocycles. The quantitative estimate of drug-likeness (QED) is 0.820. The summed E-state index contributed by atoms with van der Waals surface area (Å²) in [5.74, 6) is -1.16. The zero-order chi connectivity index (χ0) is 14.4. The maximum atomic E-state index is 13.0. The Morgan fingerprint density at radius 1 is 1.20 bits per heavy atom. The SMILES string of the molecule is O=C(NC(CCO)c1ccccc1)c1cccc(F)n1. The molecule has 0 fully saturated rings. The van der Waals surface area contributed by atoms with Crippen molar-refractivity contribution in [2.75, 3.05) is 6.61 Å². The molecular formula is C15H15FN2O2. The lowest BCUT2D eigenvalue weighted by atomic mass is 10.0. The summed E-state index contributed by atoms with van der Waals surface area (Å²) >= 11 is 0. The van der Waals surface area contributed by atoms with Gasteiger partial charge in [-0.25, -0.2) is 4.98 Å². The molecule has 0 aliphatic rings. The second-order valence-corrected chi connectivity index (χ2v) is 4.29. The van der Waals surface area contributed by atoms with E-state index in [9.17, 15) is 9.18 Å². The fourth-order valence-electron chi connectivity index (χ4n) is 1.90. The average molecular weight is 274 g/mol. The van der Waals surface area contributed by atoms with Crippen LogP contribution in [-0.4, -0.2) is 22.6 Å². The molecule has 2 rings (SSSR count). The minimum Gasteiger partial charge on any atom is -0.396 e. The van der Waals surface area contributed by atoms with Crippen LogP contribution in [0, 0.1) is 5.95 Å². The number of carbonyl (C=O) groups excluding carboxylic acids is 1. The Morgan fingerprint density at radius 3 is 2.60 bits per heavy atom. The van der Waals surface area contributed by atoms with Gasteiger partial charge in [0.05, 0.1) is 6.04 Å². The third-order valence-corrected chi connectivity index (χ3v) is 2.87. The molecule has 20 heavy (non-hydrogen) atoms. The molecule has 1 aromatic carbocycles. The lowest BCUT2D eigenvalue weighted by Crippen LogP contribution is -2.30. The molecule has 0 saturated heterocycles. The van der Waals surface area contributed by atoms with E-state index in [1.165, 1.54) is 18.2 Å². The lowest BCUT2D eigenvalue weighted by Gasteiger charge is -2.18. The van der Waals surface area contributed by atoms with E-state index < -0.39 is 11.9 Å². The zero-order valence-electron chi connectivity index (χ0n) is 10.8. The first-order valence-corrected chi connectivity index (χ1v) is 6.30. The highest BCUT2D eigenvalue weighted by molar-refractivity contribution is 5.92. The van der Waals surface area contributed by atoms with Crippen LogP contribution in [0.5, 0.6) is 0 Å². The Hall–Kier alpha value is -2.27. The number of nitrogens with one attached hydrogen (secondary N) is 1. The molecule has 0 aliphatic heterocycles. The number of aliphatic hydroxyl groups is 1. The van der Waals surface area contributed by atoms with E-state index >= 15 is 0 Å². The number of rotatable bonds is 5. The summed E-state index contributed by atoms with van der Waals surface area (Å²) in [4.78, 5) is 15.6. The molecule has 1 amide bonds. The van der Waals surface area contributed by atoms with Gasteiger partial charge in [0.2, 0.25) is 5.95 Å². The Labute approximate surface area is 116 Å². The maximum absolute atomic E-state index is 13.0. The first-order valence-electron chi connectivity index (χ1n) is 6.30. The molecule has 0 radical (unpaired) electrons. The number of hydrogen-bond acceptors (Lipinski definition) is 3. The highest BCUT2D eigenvalue weighted by Gasteiger charge is 2.16. The molecule has 2 aromatic rings. The van der Waals surface area contributed by atoms with Crippen LogP contribution < -0.4 is 5.32 Å². The largest absolute Gasteiger partial charge is 0.396 e. The number of pyridine rings is 1. The average Bonchev–Trinajstić information content (AvgIpc) is 2.47. The predicted molar refractivity (Wildman–Crippen MR) is 72.5 cm³/mol. The van der Waals surface area contributed by atoms with Crippen LogP contribution in [0.25, 0.3) is 0 Å². The van der Waals surface area contributed by atoms with E-state index in [1.54, 1.807) is 0 Å². The van der Waals surface area contributed by atoms with Crippen LogP contribution >= 0.6 is 0 Å². The van der Waals surface area contributed by atoms with Gasteiger partial charge in [0.1, 0.15) is 5.69 Å². The summed E-state index contributed by atoms with van der Waals surface area (Å²) < 4.78 is 13.0. The summed E-state index contributed by atoms with van der Waals surface area (Å²) in [6.07, 6.45) is 0.380. The monoisotopic (exact) mass is 274 g/mol. The topological polar surface area (TPSA) is 62.2 Å². The van der Waals surface area contributed by atoms with Gasteiger partial charge in [-0.05, 0) is 24.1 Å². The van der Waals surface area contributed by atoms with Crippen molar-refractivity contribution in [3.05, 3.63) is 65.7 Å². The van der Waals surface area contributed by atoms with Crippen LogP contribution in [-0.2, 0) is 0 Å². The Morgan fingerprint density at radius 2 is 1.95 bits per heavy atom. The molecule has 4 nitrogen and oxygen atoms in total. The summed E-state index contributed by atoms with van der Waals surface area (Å²) in [5.41, 5.74) is 0.898. The Balaban J connectivity index is 2.14. The van der Waals surface area contributed by atoms with Gasteiger partial charge in [-0.3, -0.25) is 4.79 Å². The van der Waals surface area contributed by atoms with Gasteiger partial charge in [-0.15, -0.1) is 0 Å². The second kappa shape index (κ2) is 6.77. The van der Waals surface area contributed by atoms with Gasteiger partial charge in [0.25, 0.3) is 5.91 Å². The first kappa shape index (κ1) is 14.1. The highest BCUT2D eigenvalue weighted by atomic mass is 19.1. The van der Waals surface area contributed by atoms with E-state index in [0.29, 0.717) is 6.42 Å². The number of amides is 1. The second-order valence-electron chi connectivity index (χ2n) is 4.29. The molecule has 1 unspecified atom stereocenters. The van der Waals surface area contributed by atoms with Gasteiger partial charge in [-0.2, -0.15) is 4.39 Å².